The van der Waals surface area contributed by atoms with Crippen molar-refractivity contribution in [2.45, 2.75) is 20.4 Å². The molecule has 118 valence electrons. The van der Waals surface area contributed by atoms with Crippen molar-refractivity contribution in [3.63, 3.8) is 0 Å². The summed E-state index contributed by atoms with van der Waals surface area (Å²) in [6.07, 6.45) is 3.31. The number of anilines is 3. The number of aromatic nitrogens is 3. The third kappa shape index (κ3) is 3.66. The Labute approximate surface area is 135 Å². The molecule has 1 aromatic carbocycles. The van der Waals surface area contributed by atoms with Gasteiger partial charge in [-0.3, -0.25) is 0 Å². The van der Waals surface area contributed by atoms with E-state index < -0.39 is 0 Å². The van der Waals surface area contributed by atoms with E-state index in [1.165, 1.54) is 5.56 Å². The predicted octanol–water partition coefficient (Wildman–Crippen LogP) is 3.54. The molecule has 0 bridgehead atoms. The van der Waals surface area contributed by atoms with Crippen molar-refractivity contribution in [3.8, 4) is 0 Å². The molecule has 6 nitrogen and oxygen atoms in total. The Hall–Kier alpha value is -2.89. The van der Waals surface area contributed by atoms with Gasteiger partial charge in [0.2, 0.25) is 5.95 Å². The Kier molecular flexibility index (Phi) is 4.52. The summed E-state index contributed by atoms with van der Waals surface area (Å²) in [5, 5.41) is 11.2. The minimum Gasteiger partial charge on any atom is -0.467 e. The average Bonchev–Trinajstić information content (AvgIpc) is 3.08. The molecule has 0 aliphatic heterocycles. The van der Waals surface area contributed by atoms with Gasteiger partial charge >= 0.3 is 0 Å². The van der Waals surface area contributed by atoms with Crippen LogP contribution in [0.5, 0.6) is 0 Å². The van der Waals surface area contributed by atoms with Crippen LogP contribution in [0, 0.1) is 6.92 Å². The smallest absolute Gasteiger partial charge is 0.245 e. The summed E-state index contributed by atoms with van der Waals surface area (Å²) in [5.74, 6) is 2.06. The first-order valence-corrected chi connectivity index (χ1v) is 7.56. The van der Waals surface area contributed by atoms with Crippen molar-refractivity contribution in [2.75, 3.05) is 16.8 Å². The topological polar surface area (TPSA) is 67.1 Å². The minimum absolute atomic E-state index is 0.477. The summed E-state index contributed by atoms with van der Waals surface area (Å²) in [6.45, 7) is 5.47. The highest BCUT2D eigenvalue weighted by molar-refractivity contribution is 5.60. The number of nitrogens with one attached hydrogen (secondary N) is 1. The molecule has 3 aromatic rings. The van der Waals surface area contributed by atoms with E-state index in [-0.39, 0.29) is 0 Å². The monoisotopic (exact) mass is 309 g/mol. The molecular weight excluding hydrogens is 290 g/mol. The van der Waals surface area contributed by atoms with E-state index >= 15 is 0 Å². The van der Waals surface area contributed by atoms with Crippen molar-refractivity contribution < 1.29 is 4.42 Å². The Morgan fingerprint density at radius 2 is 2.13 bits per heavy atom. The second-order valence-corrected chi connectivity index (χ2v) is 5.15. The minimum atomic E-state index is 0.477. The van der Waals surface area contributed by atoms with Crippen molar-refractivity contribution >= 4 is 17.5 Å². The first kappa shape index (κ1) is 15.0. The SMILES string of the molecule is CCN(c1cccc(C)c1)c1cnnc(NCc2ccco2)n1. The van der Waals surface area contributed by atoms with Crippen molar-refractivity contribution in [2.24, 2.45) is 0 Å². The standard InChI is InChI=1S/C17H19N5O/c1-3-22(14-7-4-6-13(2)10-14)16-12-19-21-17(20-16)18-11-15-8-5-9-23-15/h4-10,12H,3,11H2,1-2H3,(H,18,20,21). The maximum atomic E-state index is 5.29. The average molecular weight is 309 g/mol. The molecule has 0 radical (unpaired) electrons. The molecule has 6 heteroatoms. The molecule has 0 aliphatic carbocycles. The second kappa shape index (κ2) is 6.91. The van der Waals surface area contributed by atoms with Gasteiger partial charge in [-0.1, -0.05) is 12.1 Å². The van der Waals surface area contributed by atoms with Crippen molar-refractivity contribution in [1.29, 1.82) is 0 Å². The fourth-order valence-electron chi connectivity index (χ4n) is 2.35. The van der Waals surface area contributed by atoms with Crippen LogP contribution in [0.3, 0.4) is 0 Å². The van der Waals surface area contributed by atoms with Crippen LogP contribution >= 0.6 is 0 Å². The van der Waals surface area contributed by atoms with Gasteiger partial charge < -0.3 is 14.6 Å². The lowest BCUT2D eigenvalue weighted by molar-refractivity contribution is 0.517. The number of benzene rings is 1. The van der Waals surface area contributed by atoms with Gasteiger partial charge in [-0.05, 0) is 43.7 Å². The zero-order chi connectivity index (χ0) is 16.1. The van der Waals surface area contributed by atoms with Crippen LogP contribution in [0.4, 0.5) is 17.5 Å². The zero-order valence-electron chi connectivity index (χ0n) is 13.2. The van der Waals surface area contributed by atoms with E-state index in [2.05, 4.69) is 57.4 Å². The molecule has 1 N–H and O–H groups in total. The fraction of sp³-hybridized carbons (Fsp3) is 0.235. The Morgan fingerprint density at radius 1 is 1.22 bits per heavy atom. The lowest BCUT2D eigenvalue weighted by atomic mass is 10.2. The largest absolute Gasteiger partial charge is 0.467 e. The molecule has 0 amide bonds. The highest BCUT2D eigenvalue weighted by Crippen LogP contribution is 2.24. The fourth-order valence-corrected chi connectivity index (χ4v) is 2.35. The summed E-state index contributed by atoms with van der Waals surface area (Å²) in [7, 11) is 0. The van der Waals surface area contributed by atoms with Gasteiger partial charge in [0, 0.05) is 12.2 Å². The van der Waals surface area contributed by atoms with Crippen LogP contribution in [-0.4, -0.2) is 21.7 Å². The van der Waals surface area contributed by atoms with Crippen LogP contribution in [-0.2, 0) is 6.54 Å². The summed E-state index contributed by atoms with van der Waals surface area (Å²) in [5.41, 5.74) is 2.30. The number of hydrogen-bond acceptors (Lipinski definition) is 6. The first-order valence-electron chi connectivity index (χ1n) is 7.56. The van der Waals surface area contributed by atoms with E-state index in [4.69, 9.17) is 4.42 Å². The van der Waals surface area contributed by atoms with Gasteiger partial charge in [-0.25, -0.2) is 0 Å². The Balaban J connectivity index is 1.79. The summed E-state index contributed by atoms with van der Waals surface area (Å²) in [4.78, 5) is 6.65. The Morgan fingerprint density at radius 3 is 2.87 bits per heavy atom. The van der Waals surface area contributed by atoms with Gasteiger partial charge in [-0.15, -0.1) is 5.10 Å². The van der Waals surface area contributed by atoms with Gasteiger partial charge in [0.25, 0.3) is 0 Å². The van der Waals surface area contributed by atoms with E-state index in [1.807, 2.05) is 18.2 Å². The number of furan rings is 1. The van der Waals surface area contributed by atoms with E-state index in [0.29, 0.717) is 12.5 Å². The highest BCUT2D eigenvalue weighted by Gasteiger charge is 2.11. The molecule has 0 atom stereocenters. The molecule has 3 rings (SSSR count). The van der Waals surface area contributed by atoms with Crippen LogP contribution in [0.15, 0.2) is 53.3 Å². The maximum absolute atomic E-state index is 5.29. The van der Waals surface area contributed by atoms with E-state index in [9.17, 15) is 0 Å². The Bertz CT molecular complexity index is 757. The van der Waals surface area contributed by atoms with Crippen LogP contribution < -0.4 is 10.2 Å². The molecule has 0 unspecified atom stereocenters. The van der Waals surface area contributed by atoms with Gasteiger partial charge in [0.05, 0.1) is 19.0 Å². The van der Waals surface area contributed by atoms with Crippen molar-refractivity contribution in [3.05, 3.63) is 60.2 Å². The number of hydrogen-bond donors (Lipinski definition) is 1. The maximum Gasteiger partial charge on any atom is 0.245 e. The molecule has 0 aliphatic rings. The third-order valence-electron chi connectivity index (χ3n) is 3.45. The van der Waals surface area contributed by atoms with Gasteiger partial charge in [0.15, 0.2) is 5.82 Å². The first-order chi connectivity index (χ1) is 11.3. The quantitative estimate of drug-likeness (QED) is 0.751. The molecule has 0 spiro atoms. The van der Waals surface area contributed by atoms with Crippen LogP contribution in [0.1, 0.15) is 18.2 Å². The van der Waals surface area contributed by atoms with Crippen LogP contribution in [0.2, 0.25) is 0 Å². The molecule has 0 saturated heterocycles. The predicted molar refractivity (Wildman–Crippen MR) is 89.7 cm³/mol. The lowest BCUT2D eigenvalue weighted by Gasteiger charge is -2.22. The number of nitrogens with zero attached hydrogens (tertiary/aromatic N) is 4. The highest BCUT2D eigenvalue weighted by atomic mass is 16.3. The molecule has 0 saturated carbocycles. The molecule has 23 heavy (non-hydrogen) atoms. The molecular formula is C17H19N5O. The van der Waals surface area contributed by atoms with Gasteiger partial charge in [-0.2, -0.15) is 10.1 Å². The second-order valence-electron chi connectivity index (χ2n) is 5.15. The summed E-state index contributed by atoms with van der Waals surface area (Å²) in [6, 6.07) is 12.1. The normalized spacial score (nSPS) is 10.5. The third-order valence-corrected chi connectivity index (χ3v) is 3.45. The number of aryl methyl sites for hydroxylation is 1. The van der Waals surface area contributed by atoms with Gasteiger partial charge in [0.1, 0.15) is 5.76 Å². The van der Waals surface area contributed by atoms with Crippen molar-refractivity contribution in [1.82, 2.24) is 15.2 Å². The van der Waals surface area contributed by atoms with Crippen LogP contribution in [0.25, 0.3) is 0 Å². The summed E-state index contributed by atoms with van der Waals surface area (Å²) >= 11 is 0. The molecule has 0 fully saturated rings. The molecule has 2 heterocycles. The summed E-state index contributed by atoms with van der Waals surface area (Å²) < 4.78 is 5.29. The zero-order valence-corrected chi connectivity index (χ0v) is 13.2. The van der Waals surface area contributed by atoms with E-state index in [0.717, 1.165) is 23.8 Å². The lowest BCUT2D eigenvalue weighted by Crippen LogP contribution is -2.19. The number of rotatable bonds is 6. The molecule has 2 aromatic heterocycles. The van der Waals surface area contributed by atoms with E-state index in [1.54, 1.807) is 12.5 Å².